The van der Waals surface area contributed by atoms with Gasteiger partial charge >= 0.3 is 0 Å². The third-order valence-electron chi connectivity index (χ3n) is 3.34. The molecule has 0 aliphatic carbocycles. The first-order chi connectivity index (χ1) is 8.99. The third kappa shape index (κ3) is 3.12. The molecule has 1 heterocycles. The number of halogens is 2. The lowest BCUT2D eigenvalue weighted by Gasteiger charge is -2.30. The predicted octanol–water partition coefficient (Wildman–Crippen LogP) is 1.93. The second kappa shape index (κ2) is 5.69. The Balaban J connectivity index is 2.09. The Morgan fingerprint density at radius 3 is 2.53 bits per heavy atom. The quantitative estimate of drug-likeness (QED) is 0.901. The lowest BCUT2D eigenvalue weighted by molar-refractivity contribution is -0.123. The molecule has 1 aromatic carbocycles. The fourth-order valence-corrected chi connectivity index (χ4v) is 2.56. The number of benzene rings is 1. The highest BCUT2D eigenvalue weighted by atomic mass is 79.9. The number of likely N-dealkylation sites (tertiary alicyclic amines) is 1. The van der Waals surface area contributed by atoms with E-state index in [1.807, 2.05) is 0 Å². The smallest absolute Gasteiger partial charge is 0.256 e. The van der Waals surface area contributed by atoms with Gasteiger partial charge in [0.25, 0.3) is 5.91 Å². The molecule has 1 fully saturated rings. The van der Waals surface area contributed by atoms with Gasteiger partial charge in [-0.1, -0.05) is 15.9 Å². The van der Waals surface area contributed by atoms with E-state index >= 15 is 0 Å². The number of nitrogens with two attached hydrogens (primary N) is 1. The molecule has 0 spiro atoms. The van der Waals surface area contributed by atoms with Crippen molar-refractivity contribution in [3.05, 3.63) is 34.1 Å². The van der Waals surface area contributed by atoms with Crippen molar-refractivity contribution in [3.63, 3.8) is 0 Å². The van der Waals surface area contributed by atoms with Gasteiger partial charge in [-0.3, -0.25) is 9.59 Å². The van der Waals surface area contributed by atoms with Crippen molar-refractivity contribution in [3.8, 4) is 0 Å². The number of rotatable bonds is 2. The van der Waals surface area contributed by atoms with Crippen LogP contribution < -0.4 is 5.73 Å². The van der Waals surface area contributed by atoms with Crippen LogP contribution in [0.2, 0.25) is 0 Å². The van der Waals surface area contributed by atoms with Gasteiger partial charge in [-0.15, -0.1) is 0 Å². The van der Waals surface area contributed by atoms with Gasteiger partial charge < -0.3 is 10.6 Å². The van der Waals surface area contributed by atoms with Gasteiger partial charge in [0.05, 0.1) is 5.56 Å². The largest absolute Gasteiger partial charge is 0.369 e. The van der Waals surface area contributed by atoms with Crippen LogP contribution in [0.4, 0.5) is 4.39 Å². The number of primary amides is 1. The fourth-order valence-electron chi connectivity index (χ4n) is 2.20. The summed E-state index contributed by atoms with van der Waals surface area (Å²) < 4.78 is 14.3. The second-order valence-electron chi connectivity index (χ2n) is 4.59. The maximum atomic E-state index is 13.6. The Labute approximate surface area is 118 Å². The van der Waals surface area contributed by atoms with E-state index in [-0.39, 0.29) is 23.3 Å². The average Bonchev–Trinajstić information content (AvgIpc) is 2.41. The van der Waals surface area contributed by atoms with Gasteiger partial charge in [-0.25, -0.2) is 4.39 Å². The molecule has 1 saturated heterocycles. The summed E-state index contributed by atoms with van der Waals surface area (Å²) in [6.07, 6.45) is 1.08. The molecule has 0 unspecified atom stereocenters. The minimum absolute atomic E-state index is 0.0481. The summed E-state index contributed by atoms with van der Waals surface area (Å²) in [4.78, 5) is 24.8. The van der Waals surface area contributed by atoms with Crippen LogP contribution in [-0.4, -0.2) is 29.8 Å². The van der Waals surface area contributed by atoms with Gasteiger partial charge in [0.15, 0.2) is 0 Å². The van der Waals surface area contributed by atoms with Crippen LogP contribution in [0.25, 0.3) is 0 Å². The highest BCUT2D eigenvalue weighted by Crippen LogP contribution is 2.21. The fraction of sp³-hybridized carbons (Fsp3) is 0.385. The van der Waals surface area contributed by atoms with Crippen molar-refractivity contribution in [2.24, 2.45) is 11.7 Å². The maximum absolute atomic E-state index is 13.6. The Morgan fingerprint density at radius 1 is 1.32 bits per heavy atom. The van der Waals surface area contributed by atoms with E-state index in [9.17, 15) is 14.0 Å². The molecule has 0 radical (unpaired) electrons. The molecule has 1 aromatic rings. The van der Waals surface area contributed by atoms with Crippen molar-refractivity contribution >= 4 is 27.7 Å². The Bertz CT molecular complexity index is 513. The monoisotopic (exact) mass is 328 g/mol. The number of hydrogen-bond donors (Lipinski definition) is 1. The minimum atomic E-state index is -0.537. The number of amides is 2. The first-order valence-corrected chi connectivity index (χ1v) is 6.82. The van der Waals surface area contributed by atoms with Crippen LogP contribution in [0, 0.1) is 11.7 Å². The molecule has 0 aromatic heterocycles. The van der Waals surface area contributed by atoms with Gasteiger partial charge in [0.2, 0.25) is 5.91 Å². The molecule has 4 nitrogen and oxygen atoms in total. The van der Waals surface area contributed by atoms with Crippen LogP contribution in [0.1, 0.15) is 23.2 Å². The van der Waals surface area contributed by atoms with Crippen LogP contribution in [0.15, 0.2) is 22.7 Å². The lowest BCUT2D eigenvalue weighted by Crippen LogP contribution is -2.42. The van der Waals surface area contributed by atoms with E-state index in [0.29, 0.717) is 30.4 Å². The van der Waals surface area contributed by atoms with Crippen LogP contribution in [-0.2, 0) is 4.79 Å². The average molecular weight is 329 g/mol. The van der Waals surface area contributed by atoms with Crippen molar-refractivity contribution in [1.82, 2.24) is 4.90 Å². The molecular weight excluding hydrogens is 315 g/mol. The molecule has 0 bridgehead atoms. The molecule has 2 amide bonds. The highest BCUT2D eigenvalue weighted by molar-refractivity contribution is 9.10. The molecule has 19 heavy (non-hydrogen) atoms. The summed E-state index contributed by atoms with van der Waals surface area (Å²) in [6, 6.07) is 4.27. The van der Waals surface area contributed by atoms with Crippen molar-refractivity contribution < 1.29 is 14.0 Å². The van der Waals surface area contributed by atoms with Crippen LogP contribution in [0.5, 0.6) is 0 Å². The van der Waals surface area contributed by atoms with E-state index in [2.05, 4.69) is 15.9 Å². The van der Waals surface area contributed by atoms with Crippen LogP contribution in [0.3, 0.4) is 0 Å². The van der Waals surface area contributed by atoms with E-state index in [4.69, 9.17) is 5.73 Å². The van der Waals surface area contributed by atoms with Gasteiger partial charge in [0.1, 0.15) is 5.82 Å². The number of carbonyl (C=O) groups is 2. The number of hydrogen-bond acceptors (Lipinski definition) is 2. The maximum Gasteiger partial charge on any atom is 0.256 e. The normalized spacial score (nSPS) is 16.4. The Hall–Kier alpha value is -1.43. The molecule has 1 aliphatic heterocycles. The Morgan fingerprint density at radius 2 is 1.95 bits per heavy atom. The van der Waals surface area contributed by atoms with Gasteiger partial charge in [0, 0.05) is 23.5 Å². The predicted molar refractivity (Wildman–Crippen MR) is 71.9 cm³/mol. The minimum Gasteiger partial charge on any atom is -0.369 e. The lowest BCUT2D eigenvalue weighted by atomic mass is 9.96. The Kier molecular flexibility index (Phi) is 4.19. The molecule has 2 rings (SSSR count). The third-order valence-corrected chi connectivity index (χ3v) is 3.84. The van der Waals surface area contributed by atoms with E-state index in [1.54, 1.807) is 11.0 Å². The molecule has 1 aliphatic rings. The van der Waals surface area contributed by atoms with Crippen molar-refractivity contribution in [2.45, 2.75) is 12.8 Å². The molecule has 0 saturated carbocycles. The summed E-state index contributed by atoms with van der Waals surface area (Å²) in [5.41, 5.74) is 5.28. The first-order valence-electron chi connectivity index (χ1n) is 6.02. The number of piperidine rings is 1. The summed E-state index contributed by atoms with van der Waals surface area (Å²) in [5.74, 6) is -1.40. The molecular formula is C13H14BrFN2O2. The van der Waals surface area contributed by atoms with E-state index < -0.39 is 5.82 Å². The molecule has 0 atom stereocenters. The topological polar surface area (TPSA) is 63.4 Å². The zero-order valence-corrected chi connectivity index (χ0v) is 11.8. The van der Waals surface area contributed by atoms with E-state index in [1.165, 1.54) is 12.1 Å². The van der Waals surface area contributed by atoms with E-state index in [0.717, 1.165) is 0 Å². The zero-order chi connectivity index (χ0) is 14.0. The summed E-state index contributed by atoms with van der Waals surface area (Å²) in [5, 5.41) is 0. The van der Waals surface area contributed by atoms with Crippen LogP contribution >= 0.6 is 15.9 Å². The number of nitrogens with zero attached hydrogens (tertiary/aromatic N) is 1. The number of carbonyl (C=O) groups excluding carboxylic acids is 2. The van der Waals surface area contributed by atoms with Gasteiger partial charge in [-0.2, -0.15) is 0 Å². The molecule has 102 valence electrons. The van der Waals surface area contributed by atoms with Crippen molar-refractivity contribution in [1.29, 1.82) is 0 Å². The van der Waals surface area contributed by atoms with Crippen molar-refractivity contribution in [2.75, 3.05) is 13.1 Å². The SMILES string of the molecule is NC(=O)C1CCN(C(=O)c2cc(Br)ccc2F)CC1. The zero-order valence-electron chi connectivity index (χ0n) is 10.2. The molecule has 6 heteroatoms. The standard InChI is InChI=1S/C13H14BrFN2O2/c14-9-1-2-11(15)10(7-9)13(19)17-5-3-8(4-6-17)12(16)18/h1-2,7-8H,3-6H2,(H2,16,18). The first kappa shape index (κ1) is 14.0. The highest BCUT2D eigenvalue weighted by Gasteiger charge is 2.27. The summed E-state index contributed by atoms with van der Waals surface area (Å²) in [6.45, 7) is 0.858. The second-order valence-corrected chi connectivity index (χ2v) is 5.51. The summed E-state index contributed by atoms with van der Waals surface area (Å²) in [7, 11) is 0. The van der Waals surface area contributed by atoms with Gasteiger partial charge in [-0.05, 0) is 31.0 Å². The summed E-state index contributed by atoms with van der Waals surface area (Å²) >= 11 is 3.22. The molecule has 2 N–H and O–H groups in total.